The minimum absolute atomic E-state index is 0.385. The standard InChI is InChI=1S/C17H21N3OS/c1-2-5-13(6-3-1)11-20-16(14-8-9-14)18-19-17(20)22-12-15-7-4-10-21-15/h1-3,5-6,14-15H,4,7-12H2. The van der Waals surface area contributed by atoms with E-state index in [1.807, 2.05) is 0 Å². The van der Waals surface area contributed by atoms with Crippen LogP contribution in [0, 0.1) is 0 Å². The van der Waals surface area contributed by atoms with Crippen molar-refractivity contribution in [1.29, 1.82) is 0 Å². The van der Waals surface area contributed by atoms with Crippen molar-refractivity contribution in [3.05, 3.63) is 41.7 Å². The molecule has 1 aromatic carbocycles. The minimum atomic E-state index is 0.385. The third kappa shape index (κ3) is 3.20. The van der Waals surface area contributed by atoms with E-state index in [1.54, 1.807) is 11.8 Å². The van der Waals surface area contributed by atoms with Gasteiger partial charge >= 0.3 is 0 Å². The number of hydrogen-bond acceptors (Lipinski definition) is 4. The van der Waals surface area contributed by atoms with Crippen molar-refractivity contribution >= 4 is 11.8 Å². The highest BCUT2D eigenvalue weighted by molar-refractivity contribution is 7.99. The van der Waals surface area contributed by atoms with Crippen LogP contribution < -0.4 is 0 Å². The van der Waals surface area contributed by atoms with Crippen molar-refractivity contribution in [2.45, 2.75) is 49.4 Å². The third-order valence-corrected chi connectivity index (χ3v) is 5.39. The number of hydrogen-bond donors (Lipinski definition) is 0. The van der Waals surface area contributed by atoms with E-state index >= 15 is 0 Å². The van der Waals surface area contributed by atoms with E-state index in [4.69, 9.17) is 4.74 Å². The summed E-state index contributed by atoms with van der Waals surface area (Å²) in [5, 5.41) is 9.97. The van der Waals surface area contributed by atoms with Crippen LogP contribution in [0.2, 0.25) is 0 Å². The van der Waals surface area contributed by atoms with Crippen LogP contribution in [0.5, 0.6) is 0 Å². The lowest BCUT2D eigenvalue weighted by molar-refractivity contribution is 0.129. The summed E-state index contributed by atoms with van der Waals surface area (Å²) in [5.41, 5.74) is 1.31. The minimum Gasteiger partial charge on any atom is -0.377 e. The highest BCUT2D eigenvalue weighted by Crippen LogP contribution is 2.40. The molecule has 2 fully saturated rings. The highest BCUT2D eigenvalue weighted by atomic mass is 32.2. The molecule has 0 spiro atoms. The van der Waals surface area contributed by atoms with Gasteiger partial charge in [-0.1, -0.05) is 42.1 Å². The molecule has 116 valence electrons. The summed E-state index contributed by atoms with van der Waals surface area (Å²) in [6, 6.07) is 10.6. The Bertz CT molecular complexity index is 618. The molecule has 1 unspecified atom stereocenters. The Morgan fingerprint density at radius 1 is 1.14 bits per heavy atom. The zero-order valence-corrected chi connectivity index (χ0v) is 13.5. The van der Waals surface area contributed by atoms with Crippen LogP contribution in [0.3, 0.4) is 0 Å². The molecular weight excluding hydrogens is 294 g/mol. The lowest BCUT2D eigenvalue weighted by atomic mass is 10.2. The first kappa shape index (κ1) is 14.3. The monoisotopic (exact) mass is 315 g/mol. The number of thioether (sulfide) groups is 1. The Kier molecular flexibility index (Phi) is 4.17. The van der Waals surface area contributed by atoms with Gasteiger partial charge in [-0.3, -0.25) is 0 Å². The van der Waals surface area contributed by atoms with E-state index in [-0.39, 0.29) is 0 Å². The molecular formula is C17H21N3OS. The van der Waals surface area contributed by atoms with Crippen molar-refractivity contribution < 1.29 is 4.74 Å². The second kappa shape index (κ2) is 6.42. The summed E-state index contributed by atoms with van der Waals surface area (Å²) in [6.45, 7) is 1.78. The lowest BCUT2D eigenvalue weighted by Crippen LogP contribution is -2.10. The van der Waals surface area contributed by atoms with Gasteiger partial charge in [-0.25, -0.2) is 0 Å². The Morgan fingerprint density at radius 2 is 2.00 bits per heavy atom. The van der Waals surface area contributed by atoms with Gasteiger partial charge in [0, 0.05) is 18.3 Å². The smallest absolute Gasteiger partial charge is 0.191 e. The number of ether oxygens (including phenoxy) is 1. The summed E-state index contributed by atoms with van der Waals surface area (Å²) >= 11 is 1.79. The summed E-state index contributed by atoms with van der Waals surface area (Å²) in [4.78, 5) is 0. The van der Waals surface area contributed by atoms with E-state index in [0.717, 1.165) is 24.1 Å². The Balaban J connectivity index is 1.52. The Morgan fingerprint density at radius 3 is 2.73 bits per heavy atom. The number of nitrogens with zero attached hydrogens (tertiary/aromatic N) is 3. The van der Waals surface area contributed by atoms with Crippen LogP contribution in [0.15, 0.2) is 35.5 Å². The first-order valence-electron chi connectivity index (χ1n) is 8.11. The van der Waals surface area contributed by atoms with E-state index in [1.165, 1.54) is 37.1 Å². The van der Waals surface area contributed by atoms with E-state index in [2.05, 4.69) is 45.1 Å². The largest absolute Gasteiger partial charge is 0.377 e. The van der Waals surface area contributed by atoms with Crippen LogP contribution in [0.4, 0.5) is 0 Å². The van der Waals surface area contributed by atoms with Crippen molar-refractivity contribution in [1.82, 2.24) is 14.8 Å². The predicted octanol–water partition coefficient (Wildman–Crippen LogP) is 3.47. The molecule has 0 N–H and O–H groups in total. The third-order valence-electron chi connectivity index (χ3n) is 4.29. The lowest BCUT2D eigenvalue weighted by Gasteiger charge is -2.12. The first-order chi connectivity index (χ1) is 10.9. The second-order valence-electron chi connectivity index (χ2n) is 6.13. The molecule has 4 nitrogen and oxygen atoms in total. The molecule has 2 heterocycles. The second-order valence-corrected chi connectivity index (χ2v) is 7.12. The summed E-state index contributed by atoms with van der Waals surface area (Å²) in [5.74, 6) is 2.77. The predicted molar refractivity (Wildman–Crippen MR) is 87.2 cm³/mol. The normalized spacial score (nSPS) is 21.4. The van der Waals surface area contributed by atoms with Gasteiger partial charge in [0.1, 0.15) is 5.82 Å². The molecule has 1 aliphatic carbocycles. The van der Waals surface area contributed by atoms with Crippen molar-refractivity contribution in [2.75, 3.05) is 12.4 Å². The van der Waals surface area contributed by atoms with Gasteiger partial charge in [-0.05, 0) is 31.2 Å². The average Bonchev–Trinajstić information content (AvgIpc) is 3.11. The molecule has 1 saturated heterocycles. The molecule has 0 amide bonds. The maximum absolute atomic E-state index is 5.72. The Labute approximate surface area is 135 Å². The molecule has 1 aromatic heterocycles. The molecule has 0 radical (unpaired) electrons. The highest BCUT2D eigenvalue weighted by Gasteiger charge is 2.30. The Hall–Kier alpha value is -1.33. The quantitative estimate of drug-likeness (QED) is 0.765. The summed E-state index contributed by atoms with van der Waals surface area (Å²) in [6.07, 6.45) is 5.26. The zero-order valence-electron chi connectivity index (χ0n) is 12.6. The molecule has 1 atom stereocenters. The number of aromatic nitrogens is 3. The van der Waals surface area contributed by atoms with E-state index in [0.29, 0.717) is 12.0 Å². The van der Waals surface area contributed by atoms with Gasteiger partial charge in [0.2, 0.25) is 0 Å². The molecule has 1 aliphatic heterocycles. The first-order valence-corrected chi connectivity index (χ1v) is 9.10. The molecule has 5 heteroatoms. The average molecular weight is 315 g/mol. The molecule has 0 bridgehead atoms. The van der Waals surface area contributed by atoms with Crippen LogP contribution in [0.1, 0.15) is 43.0 Å². The van der Waals surface area contributed by atoms with E-state index in [9.17, 15) is 0 Å². The van der Waals surface area contributed by atoms with Gasteiger partial charge in [0.05, 0.1) is 12.6 Å². The topological polar surface area (TPSA) is 39.9 Å². The SMILES string of the molecule is c1ccc(Cn2c(SCC3CCCO3)nnc2C2CC2)cc1. The maximum atomic E-state index is 5.72. The van der Waals surface area contributed by atoms with Gasteiger partial charge in [-0.2, -0.15) is 0 Å². The van der Waals surface area contributed by atoms with Crippen LogP contribution in [0.25, 0.3) is 0 Å². The number of benzene rings is 1. The summed E-state index contributed by atoms with van der Waals surface area (Å²) in [7, 11) is 0. The van der Waals surface area contributed by atoms with Gasteiger partial charge < -0.3 is 9.30 Å². The van der Waals surface area contributed by atoms with Gasteiger partial charge in [0.25, 0.3) is 0 Å². The van der Waals surface area contributed by atoms with Crippen molar-refractivity contribution in [3.63, 3.8) is 0 Å². The fraction of sp³-hybridized carbons (Fsp3) is 0.529. The molecule has 2 aromatic rings. The van der Waals surface area contributed by atoms with Crippen molar-refractivity contribution in [3.8, 4) is 0 Å². The number of rotatable bonds is 6. The summed E-state index contributed by atoms with van der Waals surface area (Å²) < 4.78 is 8.03. The van der Waals surface area contributed by atoms with Crippen LogP contribution in [-0.4, -0.2) is 33.2 Å². The van der Waals surface area contributed by atoms with Crippen LogP contribution in [-0.2, 0) is 11.3 Å². The fourth-order valence-corrected chi connectivity index (χ4v) is 3.92. The molecule has 4 rings (SSSR count). The van der Waals surface area contributed by atoms with Crippen molar-refractivity contribution in [2.24, 2.45) is 0 Å². The van der Waals surface area contributed by atoms with E-state index < -0.39 is 0 Å². The zero-order chi connectivity index (χ0) is 14.8. The van der Waals surface area contributed by atoms with Gasteiger partial charge in [-0.15, -0.1) is 10.2 Å². The molecule has 1 saturated carbocycles. The van der Waals surface area contributed by atoms with Crippen LogP contribution >= 0.6 is 11.8 Å². The fourth-order valence-electron chi connectivity index (χ4n) is 2.91. The molecule has 2 aliphatic rings. The van der Waals surface area contributed by atoms with Gasteiger partial charge in [0.15, 0.2) is 5.16 Å². The molecule has 22 heavy (non-hydrogen) atoms. The maximum Gasteiger partial charge on any atom is 0.191 e.